The first kappa shape index (κ1) is 71.1. The van der Waals surface area contributed by atoms with Crippen molar-refractivity contribution in [2.75, 3.05) is 13.2 Å². The van der Waals surface area contributed by atoms with E-state index in [0.29, 0.717) is 19.4 Å². The van der Waals surface area contributed by atoms with Crippen LogP contribution >= 0.6 is 0 Å². The second-order valence-corrected chi connectivity index (χ2v) is 22.5. The minimum absolute atomic E-state index is 0.0175. The summed E-state index contributed by atoms with van der Waals surface area (Å²) in [7, 11) is 0. The van der Waals surface area contributed by atoms with Gasteiger partial charge in [-0.3, -0.25) is 9.59 Å². The number of nitrogens with one attached hydrogen (secondary N) is 1. The monoisotopic (exact) mass is 1030 g/mol. The lowest BCUT2D eigenvalue weighted by Crippen LogP contribution is -2.45. The summed E-state index contributed by atoms with van der Waals surface area (Å²) < 4.78 is 5.47. The molecule has 2 atom stereocenters. The molecule has 0 bridgehead atoms. The quantitative estimate of drug-likeness (QED) is 0.0244. The zero-order chi connectivity index (χ0) is 52.9. The van der Waals surface area contributed by atoms with Gasteiger partial charge in [-0.2, -0.15) is 0 Å². The van der Waals surface area contributed by atoms with E-state index in [1.54, 1.807) is 6.08 Å². The number of carbonyl (C=O) groups excluding carboxylic acids is 2. The predicted octanol–water partition coefficient (Wildman–Crippen LogP) is 20.8. The summed E-state index contributed by atoms with van der Waals surface area (Å²) in [6.07, 6.45) is 79.1. The van der Waals surface area contributed by atoms with Gasteiger partial charge in [0.25, 0.3) is 0 Å². The maximum atomic E-state index is 12.5. The van der Waals surface area contributed by atoms with Crippen molar-refractivity contribution in [3.8, 4) is 0 Å². The van der Waals surface area contributed by atoms with Gasteiger partial charge in [0.2, 0.25) is 5.91 Å². The number of ether oxygens (including phenoxy) is 1. The summed E-state index contributed by atoms with van der Waals surface area (Å²) in [6.45, 7) is 4.88. The topological polar surface area (TPSA) is 95.9 Å². The summed E-state index contributed by atoms with van der Waals surface area (Å²) in [5.74, 6) is -0.105. The van der Waals surface area contributed by atoms with Gasteiger partial charge in [-0.1, -0.05) is 314 Å². The molecular weight excluding hydrogens is 899 g/mol. The molecule has 3 N–H and O–H groups in total. The molecule has 2 unspecified atom stereocenters. The van der Waals surface area contributed by atoms with E-state index in [0.717, 1.165) is 77.0 Å². The van der Waals surface area contributed by atoms with E-state index in [2.05, 4.69) is 43.5 Å². The molecule has 6 heteroatoms. The highest BCUT2D eigenvalue weighted by Gasteiger charge is 2.18. The van der Waals surface area contributed by atoms with Crippen LogP contribution in [0.15, 0.2) is 36.5 Å². The minimum Gasteiger partial charge on any atom is -0.466 e. The van der Waals surface area contributed by atoms with Gasteiger partial charge < -0.3 is 20.3 Å². The second kappa shape index (κ2) is 62.6. The molecule has 0 heterocycles. The smallest absolute Gasteiger partial charge is 0.305 e. The highest BCUT2D eigenvalue weighted by molar-refractivity contribution is 5.76. The molecule has 0 aromatic heterocycles. The van der Waals surface area contributed by atoms with E-state index in [9.17, 15) is 19.8 Å². The number of allylic oxidation sites excluding steroid dienone is 5. The molecule has 73 heavy (non-hydrogen) atoms. The van der Waals surface area contributed by atoms with Crippen molar-refractivity contribution in [1.29, 1.82) is 0 Å². The molecule has 0 spiro atoms. The Morgan fingerprint density at radius 1 is 0.384 bits per heavy atom. The van der Waals surface area contributed by atoms with Gasteiger partial charge in [-0.25, -0.2) is 0 Å². The van der Waals surface area contributed by atoms with Gasteiger partial charge in [0.05, 0.1) is 25.4 Å². The number of rotatable bonds is 61. The molecule has 0 saturated carbocycles. The van der Waals surface area contributed by atoms with Crippen molar-refractivity contribution in [3.05, 3.63) is 36.5 Å². The summed E-state index contributed by atoms with van der Waals surface area (Å²) in [5.41, 5.74) is 0. The lowest BCUT2D eigenvalue weighted by atomic mass is 10.0. The van der Waals surface area contributed by atoms with Gasteiger partial charge >= 0.3 is 5.97 Å². The Hall–Kier alpha value is -1.92. The fourth-order valence-electron chi connectivity index (χ4n) is 10.2. The van der Waals surface area contributed by atoms with Gasteiger partial charge in [0.15, 0.2) is 0 Å². The molecular formula is C67H127NO5. The molecule has 430 valence electrons. The number of hydrogen-bond donors (Lipinski definition) is 3. The van der Waals surface area contributed by atoms with Crippen molar-refractivity contribution in [1.82, 2.24) is 5.32 Å². The van der Waals surface area contributed by atoms with Crippen LogP contribution in [0.4, 0.5) is 0 Å². The lowest BCUT2D eigenvalue weighted by Gasteiger charge is -2.20. The largest absolute Gasteiger partial charge is 0.466 e. The number of hydrogen-bond acceptors (Lipinski definition) is 5. The van der Waals surface area contributed by atoms with Gasteiger partial charge in [-0.15, -0.1) is 0 Å². The molecule has 0 saturated heterocycles. The van der Waals surface area contributed by atoms with E-state index < -0.39 is 12.1 Å². The van der Waals surface area contributed by atoms with Crippen LogP contribution in [0, 0.1) is 0 Å². The Morgan fingerprint density at radius 3 is 1.01 bits per heavy atom. The lowest BCUT2D eigenvalue weighted by molar-refractivity contribution is -0.143. The molecule has 0 aliphatic rings. The molecule has 0 aliphatic carbocycles. The normalized spacial score (nSPS) is 12.8. The van der Waals surface area contributed by atoms with Gasteiger partial charge in [0, 0.05) is 12.8 Å². The summed E-state index contributed by atoms with van der Waals surface area (Å²) in [5, 5.41) is 23.2. The number of aliphatic hydroxyl groups excluding tert-OH is 2. The molecule has 0 aromatic rings. The molecule has 6 nitrogen and oxygen atoms in total. The van der Waals surface area contributed by atoms with E-state index in [4.69, 9.17) is 4.74 Å². The van der Waals surface area contributed by atoms with Crippen molar-refractivity contribution < 1.29 is 24.5 Å². The molecule has 0 radical (unpaired) electrons. The van der Waals surface area contributed by atoms with Crippen molar-refractivity contribution in [2.24, 2.45) is 0 Å². The summed E-state index contributed by atoms with van der Waals surface area (Å²) >= 11 is 0. The first-order valence-corrected chi connectivity index (χ1v) is 32.8. The van der Waals surface area contributed by atoms with Gasteiger partial charge in [-0.05, 0) is 64.2 Å². The average molecular weight is 1030 g/mol. The van der Waals surface area contributed by atoms with Crippen LogP contribution in [0.2, 0.25) is 0 Å². The molecule has 1 amide bonds. The van der Waals surface area contributed by atoms with Crippen molar-refractivity contribution in [3.63, 3.8) is 0 Å². The highest BCUT2D eigenvalue weighted by Crippen LogP contribution is 2.18. The first-order chi connectivity index (χ1) is 36.0. The Labute approximate surface area is 455 Å². The van der Waals surface area contributed by atoms with Crippen LogP contribution in [-0.4, -0.2) is 47.4 Å². The Kier molecular flexibility index (Phi) is 61.0. The van der Waals surface area contributed by atoms with E-state index in [1.165, 1.54) is 250 Å². The van der Waals surface area contributed by atoms with Crippen LogP contribution in [-0.2, 0) is 14.3 Å². The van der Waals surface area contributed by atoms with Crippen LogP contribution in [0.5, 0.6) is 0 Å². The fraction of sp³-hybridized carbons (Fsp3) is 0.881. The zero-order valence-electron chi connectivity index (χ0n) is 49.1. The maximum Gasteiger partial charge on any atom is 0.305 e. The SMILES string of the molecule is CCCCCCCCCCCCCCCCCCCCCC/C=C/C(O)C(CO)NC(=O)CCCCCCCC/C=C\C=C/CCCCCOC(=O)CCCCCCCCCCCCCCCCCCCCC. The molecule has 0 fully saturated rings. The fourth-order valence-corrected chi connectivity index (χ4v) is 10.2. The molecule has 0 aromatic carbocycles. The third kappa shape index (κ3) is 59.2. The minimum atomic E-state index is -0.860. The molecule has 0 aliphatic heterocycles. The maximum absolute atomic E-state index is 12.5. The second-order valence-electron chi connectivity index (χ2n) is 22.5. The highest BCUT2D eigenvalue weighted by atomic mass is 16.5. The predicted molar refractivity (Wildman–Crippen MR) is 319 cm³/mol. The van der Waals surface area contributed by atoms with E-state index in [-0.39, 0.29) is 18.5 Å². The number of unbranched alkanes of at least 4 members (excludes halogenated alkanes) is 47. The zero-order valence-corrected chi connectivity index (χ0v) is 49.1. The van der Waals surface area contributed by atoms with Gasteiger partial charge in [0.1, 0.15) is 0 Å². The number of esters is 1. The number of carbonyl (C=O) groups is 2. The van der Waals surface area contributed by atoms with E-state index >= 15 is 0 Å². The Bertz CT molecular complexity index is 1180. The van der Waals surface area contributed by atoms with Crippen LogP contribution < -0.4 is 5.32 Å². The Morgan fingerprint density at radius 2 is 0.671 bits per heavy atom. The standard InChI is InChI=1S/C67H127NO5/c1-3-5-7-9-11-13-15-17-19-21-23-24-25-27-28-31-35-39-43-47-51-55-59-65(70)64(63-69)68-66(71)60-56-52-48-44-40-36-32-30-34-38-42-46-50-54-58-62-73-67(72)61-57-53-49-45-41-37-33-29-26-22-20-18-16-14-12-10-8-6-4-2/h30,34,38,42,55,59,64-65,69-70H,3-29,31-33,35-37,39-41,43-54,56-58,60-63H2,1-2H3,(H,68,71)/b34-30-,42-38-,59-55+. The van der Waals surface area contributed by atoms with Crippen molar-refractivity contribution >= 4 is 11.9 Å². The van der Waals surface area contributed by atoms with Crippen LogP contribution in [0.3, 0.4) is 0 Å². The average Bonchev–Trinajstić information content (AvgIpc) is 3.39. The van der Waals surface area contributed by atoms with Crippen molar-refractivity contribution in [2.45, 2.75) is 366 Å². The van der Waals surface area contributed by atoms with E-state index in [1.807, 2.05) is 6.08 Å². The third-order valence-corrected chi connectivity index (χ3v) is 15.2. The number of aliphatic hydroxyl groups is 2. The Balaban J connectivity index is 3.51. The first-order valence-electron chi connectivity index (χ1n) is 32.8. The van der Waals surface area contributed by atoms with Crippen LogP contribution in [0.25, 0.3) is 0 Å². The summed E-state index contributed by atoms with van der Waals surface area (Å²) in [4.78, 5) is 24.6. The molecule has 0 rings (SSSR count). The number of amides is 1. The van der Waals surface area contributed by atoms with Crippen LogP contribution in [0.1, 0.15) is 354 Å². The summed E-state index contributed by atoms with van der Waals surface area (Å²) in [6, 6.07) is -0.646. The third-order valence-electron chi connectivity index (χ3n) is 15.2.